The molecule has 0 saturated carbocycles. The Morgan fingerprint density at radius 2 is 1.81 bits per heavy atom. The Labute approximate surface area is 184 Å². The Kier molecular flexibility index (Phi) is 8.70. The molecule has 1 amide bonds. The fraction of sp³-hybridized carbons (Fsp3) is 0.458. The van der Waals surface area contributed by atoms with Gasteiger partial charge in [-0.25, -0.2) is 0 Å². The van der Waals surface area contributed by atoms with Crippen LogP contribution in [0.2, 0.25) is 0 Å². The van der Waals surface area contributed by atoms with Gasteiger partial charge in [-0.3, -0.25) is 14.6 Å². The summed E-state index contributed by atoms with van der Waals surface area (Å²) in [4.78, 5) is 16.8. The second kappa shape index (κ2) is 11.7. The minimum atomic E-state index is -0.0404. The number of rotatable bonds is 10. The van der Waals surface area contributed by atoms with Crippen molar-refractivity contribution in [1.82, 2.24) is 9.80 Å². The lowest BCUT2D eigenvalue weighted by atomic mass is 10.2. The average Bonchev–Trinajstić information content (AvgIpc) is 2.77. The molecule has 0 unspecified atom stereocenters. The number of likely N-dealkylation sites (N-methyl/N-ethyl adjacent to an activating group) is 1. The van der Waals surface area contributed by atoms with Gasteiger partial charge in [0.15, 0.2) is 11.5 Å². The van der Waals surface area contributed by atoms with Gasteiger partial charge in [0.1, 0.15) is 0 Å². The van der Waals surface area contributed by atoms with E-state index in [1.807, 2.05) is 49.2 Å². The quantitative estimate of drug-likeness (QED) is 0.629. The normalized spacial score (nSPS) is 14.5. The van der Waals surface area contributed by atoms with Crippen molar-refractivity contribution in [1.29, 1.82) is 0 Å². The molecule has 1 aliphatic rings. The zero-order chi connectivity index (χ0) is 22.1. The van der Waals surface area contributed by atoms with E-state index in [9.17, 15) is 4.79 Å². The van der Waals surface area contributed by atoms with Gasteiger partial charge in [-0.1, -0.05) is 18.2 Å². The van der Waals surface area contributed by atoms with Gasteiger partial charge in [0, 0.05) is 31.9 Å². The highest BCUT2D eigenvalue weighted by molar-refractivity contribution is 5.92. The lowest BCUT2D eigenvalue weighted by molar-refractivity contribution is -0.117. The summed E-state index contributed by atoms with van der Waals surface area (Å²) in [5.41, 5.74) is 3.11. The van der Waals surface area contributed by atoms with E-state index in [1.54, 1.807) is 7.11 Å². The van der Waals surface area contributed by atoms with Gasteiger partial charge >= 0.3 is 0 Å². The predicted molar refractivity (Wildman–Crippen MR) is 122 cm³/mol. The van der Waals surface area contributed by atoms with E-state index in [0.717, 1.165) is 49.8 Å². The molecule has 2 aromatic rings. The first-order chi connectivity index (χ1) is 15.1. The molecule has 0 spiro atoms. The Balaban J connectivity index is 1.47. The maximum absolute atomic E-state index is 12.5. The van der Waals surface area contributed by atoms with Gasteiger partial charge in [-0.2, -0.15) is 0 Å². The minimum absolute atomic E-state index is 0.0404. The highest BCUT2D eigenvalue weighted by Crippen LogP contribution is 2.28. The van der Waals surface area contributed by atoms with Crippen LogP contribution in [-0.4, -0.2) is 69.3 Å². The number of anilines is 1. The molecule has 0 aliphatic carbocycles. The molecule has 7 heteroatoms. The summed E-state index contributed by atoms with van der Waals surface area (Å²) < 4.78 is 16.4. The molecule has 0 aromatic heterocycles. The number of carbonyl (C=O) groups excluding carboxylic acids is 1. The van der Waals surface area contributed by atoms with Crippen LogP contribution >= 0.6 is 0 Å². The molecule has 7 nitrogen and oxygen atoms in total. The second-order valence-electron chi connectivity index (χ2n) is 7.72. The summed E-state index contributed by atoms with van der Waals surface area (Å²) in [7, 11) is 3.55. The monoisotopic (exact) mass is 427 g/mol. The molecule has 0 atom stereocenters. The molecule has 3 rings (SSSR count). The summed E-state index contributed by atoms with van der Waals surface area (Å²) >= 11 is 0. The minimum Gasteiger partial charge on any atom is -0.493 e. The fourth-order valence-electron chi connectivity index (χ4n) is 3.61. The van der Waals surface area contributed by atoms with Crippen LogP contribution in [0, 0.1) is 0 Å². The summed E-state index contributed by atoms with van der Waals surface area (Å²) in [6.07, 6.45) is 0. The Morgan fingerprint density at radius 1 is 1.10 bits per heavy atom. The van der Waals surface area contributed by atoms with Crippen LogP contribution in [0.3, 0.4) is 0 Å². The number of nitrogens with zero attached hydrogens (tertiary/aromatic N) is 2. The van der Waals surface area contributed by atoms with Crippen molar-refractivity contribution < 1.29 is 19.0 Å². The topological polar surface area (TPSA) is 63.3 Å². The van der Waals surface area contributed by atoms with Crippen molar-refractivity contribution in [3.05, 3.63) is 53.6 Å². The summed E-state index contributed by atoms with van der Waals surface area (Å²) in [6, 6.07) is 13.9. The van der Waals surface area contributed by atoms with E-state index in [2.05, 4.69) is 22.3 Å². The van der Waals surface area contributed by atoms with E-state index < -0.39 is 0 Å². The smallest absolute Gasteiger partial charge is 0.238 e. The molecule has 168 valence electrons. The molecule has 2 aromatic carbocycles. The lowest BCUT2D eigenvalue weighted by Crippen LogP contribution is -2.35. The second-order valence-corrected chi connectivity index (χ2v) is 7.72. The first kappa shape index (κ1) is 23.1. The lowest BCUT2D eigenvalue weighted by Gasteiger charge is -2.26. The molecule has 0 radical (unpaired) electrons. The molecule has 1 saturated heterocycles. The van der Waals surface area contributed by atoms with E-state index in [-0.39, 0.29) is 5.91 Å². The summed E-state index contributed by atoms with van der Waals surface area (Å²) in [6.45, 7) is 7.89. The molecular weight excluding hydrogens is 394 g/mol. The standard InChI is InChI=1S/C24H33N3O4/c1-4-31-22-10-7-20(15-23(22)29-3)16-26(2)18-24(28)25-21-8-5-19(6-9-21)17-27-11-13-30-14-12-27/h5-10,15H,4,11-14,16-18H2,1-3H3,(H,25,28). The van der Waals surface area contributed by atoms with Crippen LogP contribution in [0.15, 0.2) is 42.5 Å². The van der Waals surface area contributed by atoms with Crippen molar-refractivity contribution in [3.8, 4) is 11.5 Å². The molecule has 1 fully saturated rings. The van der Waals surface area contributed by atoms with Crippen LogP contribution in [0.5, 0.6) is 11.5 Å². The van der Waals surface area contributed by atoms with Crippen LogP contribution < -0.4 is 14.8 Å². The van der Waals surface area contributed by atoms with Crippen LogP contribution in [-0.2, 0) is 22.6 Å². The third-order valence-electron chi connectivity index (χ3n) is 5.14. The SMILES string of the molecule is CCOc1ccc(CN(C)CC(=O)Nc2ccc(CN3CCOCC3)cc2)cc1OC. The Morgan fingerprint density at radius 3 is 2.48 bits per heavy atom. The van der Waals surface area contributed by atoms with E-state index in [4.69, 9.17) is 14.2 Å². The Hall–Kier alpha value is -2.61. The first-order valence-electron chi connectivity index (χ1n) is 10.7. The third-order valence-corrected chi connectivity index (χ3v) is 5.14. The van der Waals surface area contributed by atoms with Crippen LogP contribution in [0.1, 0.15) is 18.1 Å². The van der Waals surface area contributed by atoms with Gasteiger partial charge in [0.25, 0.3) is 0 Å². The van der Waals surface area contributed by atoms with Crippen molar-refractivity contribution >= 4 is 11.6 Å². The van der Waals surface area contributed by atoms with Gasteiger partial charge in [-0.15, -0.1) is 0 Å². The number of carbonyl (C=O) groups is 1. The van der Waals surface area contributed by atoms with Gasteiger partial charge in [-0.05, 0) is 49.4 Å². The largest absolute Gasteiger partial charge is 0.493 e. The molecular formula is C24H33N3O4. The van der Waals surface area contributed by atoms with Crippen molar-refractivity contribution in [2.24, 2.45) is 0 Å². The number of hydrogen-bond donors (Lipinski definition) is 1. The number of amides is 1. The maximum Gasteiger partial charge on any atom is 0.238 e. The average molecular weight is 428 g/mol. The predicted octanol–water partition coefficient (Wildman–Crippen LogP) is 3.00. The van der Waals surface area contributed by atoms with Gasteiger partial charge in [0.05, 0.1) is 33.5 Å². The zero-order valence-corrected chi connectivity index (χ0v) is 18.7. The van der Waals surface area contributed by atoms with E-state index >= 15 is 0 Å². The van der Waals surface area contributed by atoms with E-state index in [0.29, 0.717) is 25.4 Å². The van der Waals surface area contributed by atoms with Crippen molar-refractivity contribution in [2.45, 2.75) is 20.0 Å². The van der Waals surface area contributed by atoms with Crippen molar-refractivity contribution in [2.75, 3.05) is 58.9 Å². The number of benzene rings is 2. The number of methoxy groups -OCH3 is 1. The molecule has 1 aliphatic heterocycles. The first-order valence-corrected chi connectivity index (χ1v) is 10.7. The number of ether oxygens (including phenoxy) is 3. The van der Waals surface area contributed by atoms with Crippen molar-refractivity contribution in [3.63, 3.8) is 0 Å². The number of hydrogen-bond acceptors (Lipinski definition) is 6. The molecule has 1 heterocycles. The van der Waals surface area contributed by atoms with Gasteiger partial charge < -0.3 is 19.5 Å². The Bertz CT molecular complexity index is 835. The highest BCUT2D eigenvalue weighted by Gasteiger charge is 2.12. The summed E-state index contributed by atoms with van der Waals surface area (Å²) in [5.74, 6) is 1.39. The zero-order valence-electron chi connectivity index (χ0n) is 18.7. The molecule has 1 N–H and O–H groups in total. The van der Waals surface area contributed by atoms with Crippen LogP contribution in [0.4, 0.5) is 5.69 Å². The molecule has 31 heavy (non-hydrogen) atoms. The van der Waals surface area contributed by atoms with Gasteiger partial charge in [0.2, 0.25) is 5.91 Å². The van der Waals surface area contributed by atoms with Crippen LogP contribution in [0.25, 0.3) is 0 Å². The number of nitrogens with one attached hydrogen (secondary N) is 1. The van der Waals surface area contributed by atoms with E-state index in [1.165, 1.54) is 5.56 Å². The number of morpholine rings is 1. The highest BCUT2D eigenvalue weighted by atomic mass is 16.5. The fourth-order valence-corrected chi connectivity index (χ4v) is 3.61. The molecule has 0 bridgehead atoms. The third kappa shape index (κ3) is 7.24. The maximum atomic E-state index is 12.5. The summed E-state index contributed by atoms with van der Waals surface area (Å²) in [5, 5.41) is 2.98.